The molecule has 1 aromatic rings. The molecule has 0 amide bonds. The summed E-state index contributed by atoms with van der Waals surface area (Å²) < 4.78 is 6.20. The van der Waals surface area contributed by atoms with E-state index in [-0.39, 0.29) is 6.04 Å². The largest absolute Gasteiger partial charge is 0.380 e. The molecule has 5 heteroatoms. The van der Waals surface area contributed by atoms with Crippen LogP contribution in [-0.4, -0.2) is 37.7 Å². The number of halogens is 1. The molecule has 16 heavy (non-hydrogen) atoms. The Morgan fingerprint density at radius 1 is 1.69 bits per heavy atom. The van der Waals surface area contributed by atoms with Gasteiger partial charge in [0.2, 0.25) is 0 Å². The topological polar surface area (TPSA) is 38.5 Å². The molecule has 1 aromatic heterocycles. The van der Waals surface area contributed by atoms with Gasteiger partial charge in [0, 0.05) is 31.6 Å². The highest BCUT2D eigenvalue weighted by Gasteiger charge is 2.28. The lowest BCUT2D eigenvalue weighted by Crippen LogP contribution is -2.32. The number of methoxy groups -OCH3 is 1. The lowest BCUT2D eigenvalue weighted by Gasteiger charge is -2.25. The first-order valence-electron chi connectivity index (χ1n) is 5.46. The lowest BCUT2D eigenvalue weighted by molar-refractivity contribution is 0.102. The fourth-order valence-electron chi connectivity index (χ4n) is 2.18. The second kappa shape index (κ2) is 5.47. The van der Waals surface area contributed by atoms with Crippen molar-refractivity contribution in [1.82, 2.24) is 4.90 Å². The van der Waals surface area contributed by atoms with Crippen LogP contribution in [0.25, 0.3) is 0 Å². The third kappa shape index (κ3) is 2.57. The molecule has 90 valence electrons. The minimum absolute atomic E-state index is 0.289. The van der Waals surface area contributed by atoms with Crippen LogP contribution in [0.15, 0.2) is 12.1 Å². The van der Waals surface area contributed by atoms with Crippen molar-refractivity contribution in [2.75, 3.05) is 26.7 Å². The van der Waals surface area contributed by atoms with Crippen LogP contribution in [0, 0.1) is 0 Å². The zero-order valence-corrected chi connectivity index (χ0v) is 10.9. The molecule has 2 atom stereocenters. The summed E-state index contributed by atoms with van der Waals surface area (Å²) in [6.07, 6.45) is 1.44. The van der Waals surface area contributed by atoms with E-state index in [0.29, 0.717) is 12.6 Å². The second-order valence-electron chi connectivity index (χ2n) is 4.03. The number of hydrogen-bond donors (Lipinski definition) is 1. The Balaban J connectivity index is 2.06. The normalized spacial score (nSPS) is 23.8. The van der Waals surface area contributed by atoms with Crippen LogP contribution < -0.4 is 5.73 Å². The maximum atomic E-state index is 5.96. The SMILES string of the molecule is COC1CCN(C(CN)c2ccc(Cl)s2)C1. The molecule has 0 aromatic carbocycles. The molecule has 1 saturated heterocycles. The fraction of sp³-hybridized carbons (Fsp3) is 0.636. The number of hydrogen-bond acceptors (Lipinski definition) is 4. The highest BCUT2D eigenvalue weighted by Crippen LogP contribution is 2.32. The van der Waals surface area contributed by atoms with Gasteiger partial charge in [-0.1, -0.05) is 11.6 Å². The average Bonchev–Trinajstić information content (AvgIpc) is 2.89. The predicted octanol–water partition coefficient (Wildman–Crippen LogP) is 2.12. The molecule has 1 aliphatic rings. The molecule has 0 radical (unpaired) electrons. The first-order chi connectivity index (χ1) is 7.74. The Morgan fingerprint density at radius 2 is 2.50 bits per heavy atom. The third-order valence-corrected chi connectivity index (χ3v) is 4.43. The molecule has 1 fully saturated rings. The number of nitrogens with zero attached hydrogens (tertiary/aromatic N) is 1. The Kier molecular flexibility index (Phi) is 4.21. The quantitative estimate of drug-likeness (QED) is 0.901. The summed E-state index contributed by atoms with van der Waals surface area (Å²) in [5.74, 6) is 0. The number of ether oxygens (including phenoxy) is 1. The molecule has 0 saturated carbocycles. The standard InChI is InChI=1S/C11H17ClN2OS/c1-15-8-4-5-14(7-8)9(6-13)10-2-3-11(12)16-10/h2-3,8-9H,4-7,13H2,1H3. The van der Waals surface area contributed by atoms with Crippen molar-refractivity contribution in [2.45, 2.75) is 18.6 Å². The lowest BCUT2D eigenvalue weighted by atomic mass is 10.2. The predicted molar refractivity (Wildman–Crippen MR) is 68.1 cm³/mol. The number of thiophene rings is 1. The van der Waals surface area contributed by atoms with Crippen LogP contribution >= 0.6 is 22.9 Å². The number of nitrogens with two attached hydrogens (primary N) is 1. The zero-order valence-electron chi connectivity index (χ0n) is 9.36. The van der Waals surface area contributed by atoms with Crippen LogP contribution in [0.1, 0.15) is 17.3 Å². The Labute approximate surface area is 105 Å². The van der Waals surface area contributed by atoms with E-state index in [4.69, 9.17) is 22.1 Å². The zero-order chi connectivity index (χ0) is 11.5. The van der Waals surface area contributed by atoms with E-state index >= 15 is 0 Å². The summed E-state index contributed by atoms with van der Waals surface area (Å²) in [5, 5.41) is 0. The molecule has 0 bridgehead atoms. The van der Waals surface area contributed by atoms with Crippen LogP contribution in [0.5, 0.6) is 0 Å². The molecule has 0 aliphatic carbocycles. The number of rotatable bonds is 4. The molecule has 2 rings (SSSR count). The van der Waals surface area contributed by atoms with Crippen molar-refractivity contribution >= 4 is 22.9 Å². The van der Waals surface area contributed by atoms with Crippen molar-refractivity contribution in [1.29, 1.82) is 0 Å². The summed E-state index contributed by atoms with van der Waals surface area (Å²) >= 11 is 7.58. The molecule has 3 nitrogen and oxygen atoms in total. The highest BCUT2D eigenvalue weighted by atomic mass is 35.5. The van der Waals surface area contributed by atoms with Gasteiger partial charge in [0.25, 0.3) is 0 Å². The van der Waals surface area contributed by atoms with E-state index in [1.807, 2.05) is 6.07 Å². The first-order valence-corrected chi connectivity index (χ1v) is 6.66. The molecular weight excluding hydrogens is 244 g/mol. The van der Waals surface area contributed by atoms with Gasteiger partial charge in [-0.15, -0.1) is 11.3 Å². The highest BCUT2D eigenvalue weighted by molar-refractivity contribution is 7.16. The minimum Gasteiger partial charge on any atom is -0.380 e. The fourth-order valence-corrected chi connectivity index (χ4v) is 3.39. The Hall–Kier alpha value is -0.130. The van der Waals surface area contributed by atoms with Crippen molar-refractivity contribution in [2.24, 2.45) is 5.73 Å². The van der Waals surface area contributed by atoms with Gasteiger partial charge in [0.05, 0.1) is 16.5 Å². The summed E-state index contributed by atoms with van der Waals surface area (Å²) in [4.78, 5) is 3.64. The van der Waals surface area contributed by atoms with Gasteiger partial charge in [-0.2, -0.15) is 0 Å². The van der Waals surface area contributed by atoms with E-state index in [2.05, 4.69) is 11.0 Å². The summed E-state index contributed by atoms with van der Waals surface area (Å²) in [6.45, 7) is 2.65. The van der Waals surface area contributed by atoms with Crippen LogP contribution in [0.2, 0.25) is 4.34 Å². The maximum absolute atomic E-state index is 5.96. The third-order valence-electron chi connectivity index (χ3n) is 3.10. The van der Waals surface area contributed by atoms with Crippen molar-refractivity contribution < 1.29 is 4.74 Å². The molecule has 2 unspecified atom stereocenters. The first kappa shape index (κ1) is 12.3. The molecule has 1 aliphatic heterocycles. The molecule has 2 heterocycles. The second-order valence-corrected chi connectivity index (χ2v) is 5.78. The van der Waals surface area contributed by atoms with Crippen molar-refractivity contribution in [3.05, 3.63) is 21.3 Å². The van der Waals surface area contributed by atoms with Gasteiger partial charge in [0.15, 0.2) is 0 Å². The average molecular weight is 261 g/mol. The Bertz CT molecular complexity index is 344. The van der Waals surface area contributed by atoms with E-state index in [9.17, 15) is 0 Å². The molecule has 2 N–H and O–H groups in total. The minimum atomic E-state index is 0.289. The maximum Gasteiger partial charge on any atom is 0.0931 e. The van der Waals surface area contributed by atoms with Crippen molar-refractivity contribution in [3.63, 3.8) is 0 Å². The van der Waals surface area contributed by atoms with Gasteiger partial charge in [-0.3, -0.25) is 4.90 Å². The number of likely N-dealkylation sites (tertiary alicyclic amines) is 1. The summed E-state index contributed by atoms with van der Waals surface area (Å²) in [5.41, 5.74) is 5.86. The molecule has 0 spiro atoms. The Morgan fingerprint density at radius 3 is 3.00 bits per heavy atom. The van der Waals surface area contributed by atoms with E-state index < -0.39 is 0 Å². The smallest absolute Gasteiger partial charge is 0.0931 e. The van der Waals surface area contributed by atoms with Gasteiger partial charge in [0.1, 0.15) is 0 Å². The van der Waals surface area contributed by atoms with E-state index in [1.165, 1.54) is 4.88 Å². The molecular formula is C11H17ClN2OS. The van der Waals surface area contributed by atoms with Crippen LogP contribution in [0.4, 0.5) is 0 Å². The summed E-state index contributed by atoms with van der Waals surface area (Å²) in [7, 11) is 1.77. The van der Waals surface area contributed by atoms with Crippen LogP contribution in [0.3, 0.4) is 0 Å². The van der Waals surface area contributed by atoms with Gasteiger partial charge in [-0.05, 0) is 18.6 Å². The summed E-state index contributed by atoms with van der Waals surface area (Å²) in [6, 6.07) is 4.30. The monoisotopic (exact) mass is 260 g/mol. The van der Waals surface area contributed by atoms with Crippen LogP contribution in [-0.2, 0) is 4.74 Å². The van der Waals surface area contributed by atoms with E-state index in [0.717, 1.165) is 23.8 Å². The van der Waals surface area contributed by atoms with Crippen molar-refractivity contribution in [3.8, 4) is 0 Å². The van der Waals surface area contributed by atoms with Gasteiger partial charge in [-0.25, -0.2) is 0 Å². The van der Waals surface area contributed by atoms with Gasteiger partial charge < -0.3 is 10.5 Å². The van der Waals surface area contributed by atoms with Gasteiger partial charge >= 0.3 is 0 Å². The van der Waals surface area contributed by atoms with E-state index in [1.54, 1.807) is 18.4 Å².